The van der Waals surface area contributed by atoms with Gasteiger partial charge in [-0.15, -0.1) is 0 Å². The molecule has 1 N–H and O–H groups in total. The highest BCUT2D eigenvalue weighted by Gasteiger charge is 2.03. The quantitative estimate of drug-likeness (QED) is 0.724. The molecule has 0 radical (unpaired) electrons. The molecule has 0 spiro atoms. The van der Waals surface area contributed by atoms with E-state index in [9.17, 15) is 0 Å². The number of hydrogen-bond donors (Lipinski definition) is 1. The molecule has 0 amide bonds. The molecule has 1 aromatic carbocycles. The van der Waals surface area contributed by atoms with Crippen molar-refractivity contribution in [3.05, 3.63) is 54.6 Å². The van der Waals surface area contributed by atoms with Crippen molar-refractivity contribution in [1.29, 1.82) is 0 Å². The molecule has 0 bridgehead atoms. The van der Waals surface area contributed by atoms with E-state index in [1.165, 1.54) is 0 Å². The molecule has 3 heteroatoms. The third-order valence-electron chi connectivity index (χ3n) is 2.50. The van der Waals surface area contributed by atoms with Gasteiger partial charge in [-0.05, 0) is 30.3 Å². The maximum Gasteiger partial charge on any atom is 0.146 e. The van der Waals surface area contributed by atoms with Crippen LogP contribution in [0.2, 0.25) is 0 Å². The van der Waals surface area contributed by atoms with Crippen molar-refractivity contribution in [3.63, 3.8) is 0 Å². The molecule has 0 aliphatic heterocycles. The van der Waals surface area contributed by atoms with Crippen molar-refractivity contribution >= 4 is 10.9 Å². The summed E-state index contributed by atoms with van der Waals surface area (Å²) in [4.78, 5) is 3.15. The van der Waals surface area contributed by atoms with Gasteiger partial charge in [0.1, 0.15) is 18.1 Å². The number of aromatic nitrogens is 1. The first-order chi connectivity index (χ1) is 7.93. The second kappa shape index (κ2) is 3.77. The van der Waals surface area contributed by atoms with E-state index in [0.717, 1.165) is 22.4 Å². The van der Waals surface area contributed by atoms with Crippen molar-refractivity contribution < 1.29 is 9.15 Å². The van der Waals surface area contributed by atoms with Gasteiger partial charge in [0.25, 0.3) is 0 Å². The van der Waals surface area contributed by atoms with Crippen LogP contribution in [0, 0.1) is 0 Å². The summed E-state index contributed by atoms with van der Waals surface area (Å²) >= 11 is 0. The Morgan fingerprint density at radius 1 is 1.12 bits per heavy atom. The Kier molecular flexibility index (Phi) is 2.14. The fourth-order valence-electron chi connectivity index (χ4n) is 1.73. The molecule has 0 saturated heterocycles. The molecule has 0 unspecified atom stereocenters. The summed E-state index contributed by atoms with van der Waals surface area (Å²) in [6.45, 7) is 0.456. The first kappa shape index (κ1) is 9.09. The first-order valence-electron chi connectivity index (χ1n) is 5.15. The molecular weight excluding hydrogens is 202 g/mol. The minimum atomic E-state index is 0.456. The van der Waals surface area contributed by atoms with Crippen LogP contribution in [0.5, 0.6) is 5.75 Å². The lowest BCUT2D eigenvalue weighted by Gasteiger charge is -2.05. The summed E-state index contributed by atoms with van der Waals surface area (Å²) in [5.74, 6) is 1.70. The molecule has 0 fully saturated rings. The number of nitrogens with one attached hydrogen (secondary N) is 1. The van der Waals surface area contributed by atoms with E-state index >= 15 is 0 Å². The van der Waals surface area contributed by atoms with E-state index < -0.39 is 0 Å². The van der Waals surface area contributed by atoms with Crippen LogP contribution in [0.4, 0.5) is 0 Å². The fraction of sp³-hybridized carbons (Fsp3) is 0.0769. The number of aromatic amines is 1. The van der Waals surface area contributed by atoms with Gasteiger partial charge in [-0.25, -0.2) is 0 Å². The summed E-state index contributed by atoms with van der Waals surface area (Å²) in [5.41, 5.74) is 1.08. The van der Waals surface area contributed by atoms with E-state index in [2.05, 4.69) is 4.98 Å². The highest BCUT2D eigenvalue weighted by molar-refractivity contribution is 5.85. The molecule has 80 valence electrons. The van der Waals surface area contributed by atoms with Crippen LogP contribution in [0.3, 0.4) is 0 Å². The van der Waals surface area contributed by atoms with Crippen LogP contribution in [0.15, 0.2) is 53.3 Å². The normalized spacial score (nSPS) is 10.8. The van der Waals surface area contributed by atoms with Crippen molar-refractivity contribution in [2.24, 2.45) is 0 Å². The maximum absolute atomic E-state index is 5.71. The zero-order chi connectivity index (χ0) is 10.8. The number of hydrogen-bond acceptors (Lipinski definition) is 2. The largest absolute Gasteiger partial charge is 0.485 e. The lowest BCUT2D eigenvalue weighted by molar-refractivity contribution is 0.273. The van der Waals surface area contributed by atoms with Gasteiger partial charge < -0.3 is 14.1 Å². The van der Waals surface area contributed by atoms with E-state index in [0.29, 0.717) is 6.61 Å². The zero-order valence-corrected chi connectivity index (χ0v) is 8.64. The van der Waals surface area contributed by atoms with Crippen molar-refractivity contribution in [3.8, 4) is 5.75 Å². The first-order valence-corrected chi connectivity index (χ1v) is 5.15. The van der Waals surface area contributed by atoms with Crippen molar-refractivity contribution in [2.45, 2.75) is 6.61 Å². The smallest absolute Gasteiger partial charge is 0.146 e. The molecule has 0 saturated carbocycles. The molecule has 0 atom stereocenters. The molecular formula is C13H11NO2. The number of H-pyrrole nitrogens is 1. The number of rotatable bonds is 3. The van der Waals surface area contributed by atoms with Gasteiger partial charge in [-0.2, -0.15) is 0 Å². The predicted octanol–water partition coefficient (Wildman–Crippen LogP) is 3.34. The number of fused-ring (bicyclic) bond motifs is 1. The number of furan rings is 1. The lowest BCUT2D eigenvalue weighted by Crippen LogP contribution is -1.93. The second-order valence-corrected chi connectivity index (χ2v) is 3.56. The Balaban J connectivity index is 1.86. The third kappa shape index (κ3) is 1.56. The van der Waals surface area contributed by atoms with Gasteiger partial charge in [-0.1, -0.05) is 6.07 Å². The van der Waals surface area contributed by atoms with E-state index in [-0.39, 0.29) is 0 Å². The second-order valence-electron chi connectivity index (χ2n) is 3.56. The molecule has 0 aliphatic carbocycles. The Morgan fingerprint density at radius 2 is 2.12 bits per heavy atom. The summed E-state index contributed by atoms with van der Waals surface area (Å²) in [6, 6.07) is 11.7. The minimum absolute atomic E-state index is 0.456. The monoisotopic (exact) mass is 213 g/mol. The fourth-order valence-corrected chi connectivity index (χ4v) is 1.73. The number of benzene rings is 1. The molecule has 0 aliphatic rings. The third-order valence-corrected chi connectivity index (χ3v) is 2.50. The molecule has 3 nitrogen and oxygen atoms in total. The summed E-state index contributed by atoms with van der Waals surface area (Å²) in [5, 5.41) is 1.09. The highest BCUT2D eigenvalue weighted by atomic mass is 16.5. The van der Waals surface area contributed by atoms with Crippen LogP contribution < -0.4 is 4.74 Å². The Morgan fingerprint density at radius 3 is 3.00 bits per heavy atom. The van der Waals surface area contributed by atoms with Gasteiger partial charge in [0.2, 0.25) is 0 Å². The predicted molar refractivity (Wildman–Crippen MR) is 61.3 cm³/mol. The molecule has 16 heavy (non-hydrogen) atoms. The molecule has 3 aromatic rings. The standard InChI is InChI=1S/C13H11NO2/c1-4-12-11(6-7-14-12)13(5-1)16-9-10-3-2-8-15-10/h1-8,14H,9H2. The Labute approximate surface area is 92.7 Å². The van der Waals surface area contributed by atoms with Crippen LogP contribution >= 0.6 is 0 Å². The average Bonchev–Trinajstić information content (AvgIpc) is 2.97. The van der Waals surface area contributed by atoms with Gasteiger partial charge in [-0.3, -0.25) is 0 Å². The van der Waals surface area contributed by atoms with Gasteiger partial charge in [0, 0.05) is 17.1 Å². The Bertz CT molecular complexity index is 581. The van der Waals surface area contributed by atoms with Crippen molar-refractivity contribution in [2.75, 3.05) is 0 Å². The highest BCUT2D eigenvalue weighted by Crippen LogP contribution is 2.25. The summed E-state index contributed by atoms with van der Waals surface area (Å²) in [6.07, 6.45) is 3.56. The maximum atomic E-state index is 5.71. The topological polar surface area (TPSA) is 38.2 Å². The van der Waals surface area contributed by atoms with Crippen LogP contribution in [0.1, 0.15) is 5.76 Å². The summed E-state index contributed by atoms with van der Waals surface area (Å²) < 4.78 is 10.9. The minimum Gasteiger partial charge on any atom is -0.485 e. The van der Waals surface area contributed by atoms with Crippen molar-refractivity contribution in [1.82, 2.24) is 4.98 Å². The van der Waals surface area contributed by atoms with E-state index in [1.807, 2.05) is 42.6 Å². The SMILES string of the molecule is c1coc(COc2cccc3[nH]ccc23)c1. The van der Waals surface area contributed by atoms with Crippen LogP contribution in [-0.2, 0) is 6.61 Å². The summed E-state index contributed by atoms with van der Waals surface area (Å²) in [7, 11) is 0. The zero-order valence-electron chi connectivity index (χ0n) is 8.64. The lowest BCUT2D eigenvalue weighted by atomic mass is 10.2. The van der Waals surface area contributed by atoms with E-state index in [4.69, 9.17) is 9.15 Å². The van der Waals surface area contributed by atoms with Crippen LogP contribution in [-0.4, -0.2) is 4.98 Å². The van der Waals surface area contributed by atoms with Crippen LogP contribution in [0.25, 0.3) is 10.9 Å². The Hall–Kier alpha value is -2.16. The van der Waals surface area contributed by atoms with Gasteiger partial charge in [0.15, 0.2) is 0 Å². The molecule has 2 heterocycles. The van der Waals surface area contributed by atoms with Gasteiger partial charge in [0.05, 0.1) is 6.26 Å². The average molecular weight is 213 g/mol. The van der Waals surface area contributed by atoms with E-state index in [1.54, 1.807) is 6.26 Å². The molecule has 3 rings (SSSR count). The number of ether oxygens (including phenoxy) is 1. The molecule has 2 aromatic heterocycles. The van der Waals surface area contributed by atoms with Gasteiger partial charge >= 0.3 is 0 Å².